The molecule has 8 nitrogen and oxygen atoms in total. The number of thiophene rings is 2. The molecule has 0 aromatic carbocycles. The number of pyridine rings is 1. The fourth-order valence-electron chi connectivity index (χ4n) is 3.85. The van der Waals surface area contributed by atoms with E-state index in [2.05, 4.69) is 10.3 Å². The highest BCUT2D eigenvalue weighted by Crippen LogP contribution is 2.45. The molecule has 2 amide bonds. The third-order valence-electron chi connectivity index (χ3n) is 5.30. The molecule has 4 heterocycles. The van der Waals surface area contributed by atoms with Crippen LogP contribution in [0, 0.1) is 0 Å². The van der Waals surface area contributed by atoms with E-state index in [-0.39, 0.29) is 6.04 Å². The number of nitrogens with one attached hydrogen (secondary N) is 1. The van der Waals surface area contributed by atoms with Crippen LogP contribution in [0.2, 0.25) is 0 Å². The SMILES string of the molecule is CC(Cc1sc2c(N(Cc3cccs3)C(=O)OC(C)(C)C)snc2c1-c1ccccn1)NC(=O)OC(C)(C)C. The Labute approximate surface area is 241 Å². The molecule has 0 radical (unpaired) electrons. The summed E-state index contributed by atoms with van der Waals surface area (Å²) in [7, 11) is 0. The predicted molar refractivity (Wildman–Crippen MR) is 160 cm³/mol. The van der Waals surface area contributed by atoms with Crippen molar-refractivity contribution in [3.63, 3.8) is 0 Å². The molecule has 0 aliphatic carbocycles. The van der Waals surface area contributed by atoms with E-state index in [9.17, 15) is 9.59 Å². The van der Waals surface area contributed by atoms with Crippen molar-refractivity contribution in [1.82, 2.24) is 14.7 Å². The van der Waals surface area contributed by atoms with E-state index in [4.69, 9.17) is 13.8 Å². The number of fused-ring (bicyclic) bond motifs is 1. The summed E-state index contributed by atoms with van der Waals surface area (Å²) in [6.45, 7) is 13.4. The van der Waals surface area contributed by atoms with Gasteiger partial charge in [-0.15, -0.1) is 22.7 Å². The van der Waals surface area contributed by atoms with Gasteiger partial charge in [-0.3, -0.25) is 9.88 Å². The second-order valence-corrected chi connectivity index (χ2v) is 14.1. The summed E-state index contributed by atoms with van der Waals surface area (Å²) >= 11 is 4.43. The molecule has 39 heavy (non-hydrogen) atoms. The second-order valence-electron chi connectivity index (χ2n) is 11.2. The zero-order valence-corrected chi connectivity index (χ0v) is 25.7. The maximum absolute atomic E-state index is 13.4. The third kappa shape index (κ3) is 7.55. The van der Waals surface area contributed by atoms with Crippen LogP contribution in [0.25, 0.3) is 21.5 Å². The Kier molecular flexibility index (Phi) is 8.63. The van der Waals surface area contributed by atoms with Gasteiger partial charge in [0, 0.05) is 34.0 Å². The zero-order valence-electron chi connectivity index (χ0n) is 23.2. The molecule has 11 heteroatoms. The molecule has 0 saturated carbocycles. The minimum atomic E-state index is -0.642. The number of carbonyl (C=O) groups is 2. The molecule has 0 aliphatic rings. The van der Waals surface area contributed by atoms with E-state index in [0.29, 0.717) is 13.0 Å². The molecule has 4 aromatic heterocycles. The molecule has 1 atom stereocenters. The lowest BCUT2D eigenvalue weighted by molar-refractivity contribution is 0.0507. The number of carbonyl (C=O) groups excluding carboxylic acids is 2. The van der Waals surface area contributed by atoms with Crippen molar-refractivity contribution in [3.8, 4) is 11.3 Å². The Morgan fingerprint density at radius 1 is 1.05 bits per heavy atom. The van der Waals surface area contributed by atoms with Crippen LogP contribution in [0.5, 0.6) is 0 Å². The van der Waals surface area contributed by atoms with Gasteiger partial charge in [0.05, 0.1) is 16.9 Å². The first-order valence-electron chi connectivity index (χ1n) is 12.7. The van der Waals surface area contributed by atoms with Crippen molar-refractivity contribution in [1.29, 1.82) is 0 Å². The van der Waals surface area contributed by atoms with E-state index in [1.165, 1.54) is 11.5 Å². The minimum Gasteiger partial charge on any atom is -0.444 e. The molecular weight excluding hydrogens is 553 g/mol. The number of anilines is 1. The van der Waals surface area contributed by atoms with Crippen molar-refractivity contribution < 1.29 is 19.1 Å². The molecule has 4 aromatic rings. The molecule has 0 bridgehead atoms. The average molecular weight is 587 g/mol. The normalized spacial score (nSPS) is 12.8. The number of alkyl carbamates (subject to hydrolysis) is 1. The van der Waals surface area contributed by atoms with Crippen molar-refractivity contribution >= 4 is 61.6 Å². The number of aromatic nitrogens is 2. The Hall–Kier alpha value is -3.02. The quantitative estimate of drug-likeness (QED) is 0.237. The summed E-state index contributed by atoms with van der Waals surface area (Å²) in [5, 5.41) is 5.66. The first kappa shape index (κ1) is 29.0. The topological polar surface area (TPSA) is 93.7 Å². The maximum atomic E-state index is 13.4. The Morgan fingerprint density at radius 2 is 1.79 bits per heavy atom. The van der Waals surface area contributed by atoms with Crippen LogP contribution in [0.3, 0.4) is 0 Å². The van der Waals surface area contributed by atoms with Crippen molar-refractivity contribution in [2.45, 2.75) is 78.7 Å². The van der Waals surface area contributed by atoms with Gasteiger partial charge < -0.3 is 14.8 Å². The molecule has 0 aliphatic heterocycles. The first-order valence-corrected chi connectivity index (χ1v) is 15.1. The largest absolute Gasteiger partial charge is 0.444 e. The van der Waals surface area contributed by atoms with Crippen molar-refractivity contribution in [2.75, 3.05) is 4.90 Å². The highest BCUT2D eigenvalue weighted by atomic mass is 32.1. The predicted octanol–water partition coefficient (Wildman–Crippen LogP) is 7.88. The fourth-order valence-corrected chi connectivity index (χ4v) is 6.94. The van der Waals surface area contributed by atoms with E-state index in [1.54, 1.807) is 33.8 Å². The number of ether oxygens (including phenoxy) is 2. The summed E-state index contributed by atoms with van der Waals surface area (Å²) in [5.41, 5.74) is 1.27. The summed E-state index contributed by atoms with van der Waals surface area (Å²) in [6, 6.07) is 9.53. The lowest BCUT2D eigenvalue weighted by Crippen LogP contribution is -2.38. The lowest BCUT2D eigenvalue weighted by Gasteiger charge is -2.26. The average Bonchev–Trinajstić information content (AvgIpc) is 3.53. The van der Waals surface area contributed by atoms with Crippen LogP contribution in [0.4, 0.5) is 14.6 Å². The lowest BCUT2D eigenvalue weighted by atomic mass is 10.1. The van der Waals surface area contributed by atoms with Gasteiger partial charge in [-0.2, -0.15) is 4.37 Å². The van der Waals surface area contributed by atoms with E-state index >= 15 is 0 Å². The summed E-state index contributed by atoms with van der Waals surface area (Å²) in [4.78, 5) is 34.2. The Morgan fingerprint density at radius 3 is 2.41 bits per heavy atom. The van der Waals surface area contributed by atoms with Crippen LogP contribution < -0.4 is 10.2 Å². The molecule has 0 spiro atoms. The van der Waals surface area contributed by atoms with Crippen LogP contribution in [0.15, 0.2) is 41.9 Å². The van der Waals surface area contributed by atoms with Gasteiger partial charge >= 0.3 is 12.2 Å². The van der Waals surface area contributed by atoms with Crippen LogP contribution in [-0.4, -0.2) is 38.8 Å². The summed E-state index contributed by atoms with van der Waals surface area (Å²) in [5.74, 6) is 0. The van der Waals surface area contributed by atoms with Gasteiger partial charge in [0.2, 0.25) is 0 Å². The number of amides is 2. The molecule has 4 rings (SSSR count). The molecule has 1 unspecified atom stereocenters. The second kappa shape index (κ2) is 11.6. The number of hydrogen-bond acceptors (Lipinski definition) is 9. The van der Waals surface area contributed by atoms with Gasteiger partial charge in [-0.25, -0.2) is 9.59 Å². The van der Waals surface area contributed by atoms with Crippen LogP contribution >= 0.6 is 34.2 Å². The monoisotopic (exact) mass is 586 g/mol. The van der Waals surface area contributed by atoms with Gasteiger partial charge in [0.25, 0.3) is 0 Å². The molecule has 0 saturated heterocycles. The van der Waals surface area contributed by atoms with Gasteiger partial charge in [-0.1, -0.05) is 12.1 Å². The van der Waals surface area contributed by atoms with Crippen LogP contribution in [-0.2, 0) is 22.4 Å². The van der Waals surface area contributed by atoms with Gasteiger partial charge in [0.15, 0.2) is 0 Å². The standard InChI is InChI=1S/C28H34N4O4S3/c1-17(30-25(33)35-27(2,3)4)15-20-21(19-12-8-9-13-29-19)22-23(38-20)24(39-31-22)32(16-18-11-10-14-37-18)26(34)36-28(5,6)7/h8-14,17H,15-16H2,1-7H3,(H,30,33). The highest BCUT2D eigenvalue weighted by Gasteiger charge is 2.30. The Balaban J connectivity index is 1.74. The first-order chi connectivity index (χ1) is 18.3. The molecule has 0 fully saturated rings. The van der Waals surface area contributed by atoms with Gasteiger partial charge in [0.1, 0.15) is 21.7 Å². The van der Waals surface area contributed by atoms with Crippen LogP contribution in [0.1, 0.15) is 58.2 Å². The summed E-state index contributed by atoms with van der Waals surface area (Å²) in [6.07, 6.45) is 1.42. The smallest absolute Gasteiger partial charge is 0.415 e. The summed E-state index contributed by atoms with van der Waals surface area (Å²) < 4.78 is 16.9. The van der Waals surface area contributed by atoms with E-state index in [1.807, 2.05) is 84.2 Å². The maximum Gasteiger partial charge on any atom is 0.415 e. The molecule has 208 valence electrons. The Bertz CT molecular complexity index is 1420. The van der Waals surface area contributed by atoms with E-state index < -0.39 is 23.4 Å². The zero-order chi connectivity index (χ0) is 28.4. The molecule has 1 N–H and O–H groups in total. The number of nitrogens with zero attached hydrogens (tertiary/aromatic N) is 3. The number of hydrogen-bond donors (Lipinski definition) is 1. The van der Waals surface area contributed by atoms with Crippen molar-refractivity contribution in [3.05, 3.63) is 51.7 Å². The van der Waals surface area contributed by atoms with E-state index in [0.717, 1.165) is 36.2 Å². The fraction of sp³-hybridized carbons (Fsp3) is 0.429. The number of rotatable bonds is 7. The third-order valence-corrected chi connectivity index (χ3v) is 8.37. The highest BCUT2D eigenvalue weighted by molar-refractivity contribution is 7.25. The van der Waals surface area contributed by atoms with Gasteiger partial charge in [-0.05, 0) is 83.6 Å². The molecular formula is C28H34N4O4S3. The van der Waals surface area contributed by atoms with Crippen molar-refractivity contribution in [2.24, 2.45) is 0 Å². The minimum absolute atomic E-state index is 0.203.